The summed E-state index contributed by atoms with van der Waals surface area (Å²) in [5.74, 6) is -0.227. The van der Waals surface area contributed by atoms with Gasteiger partial charge in [-0.3, -0.25) is 0 Å². The molecule has 0 heterocycles. The zero-order valence-corrected chi connectivity index (χ0v) is 7.71. The lowest BCUT2D eigenvalue weighted by Crippen LogP contribution is -2.17. The van der Waals surface area contributed by atoms with Gasteiger partial charge in [0.15, 0.2) is 0 Å². The standard InChI is InChI=1S/C10H9F3O2/c11-10(12,13)15-9-2-1-6-3-8(14)4-7(6)5-9/h1-2,5,8,14H,3-4H2. The Bertz CT molecular complexity index is 373. The summed E-state index contributed by atoms with van der Waals surface area (Å²) in [6, 6.07) is 4.16. The van der Waals surface area contributed by atoms with Crippen LogP contribution in [0.1, 0.15) is 11.1 Å². The summed E-state index contributed by atoms with van der Waals surface area (Å²) in [7, 11) is 0. The maximum Gasteiger partial charge on any atom is 0.573 e. The van der Waals surface area contributed by atoms with Crippen molar-refractivity contribution in [3.63, 3.8) is 0 Å². The van der Waals surface area contributed by atoms with Gasteiger partial charge in [-0.15, -0.1) is 13.2 Å². The quantitative estimate of drug-likeness (QED) is 0.781. The highest BCUT2D eigenvalue weighted by molar-refractivity contribution is 5.39. The Balaban J connectivity index is 2.20. The van der Waals surface area contributed by atoms with Gasteiger partial charge in [0, 0.05) is 0 Å². The van der Waals surface area contributed by atoms with E-state index in [0.717, 1.165) is 11.1 Å². The van der Waals surface area contributed by atoms with E-state index in [1.807, 2.05) is 0 Å². The molecule has 1 atom stereocenters. The normalized spacial score (nSPS) is 20.1. The maximum absolute atomic E-state index is 11.9. The van der Waals surface area contributed by atoms with Crippen LogP contribution in [0.4, 0.5) is 13.2 Å². The van der Waals surface area contributed by atoms with Crippen molar-refractivity contribution in [2.75, 3.05) is 0 Å². The van der Waals surface area contributed by atoms with Crippen molar-refractivity contribution in [2.45, 2.75) is 25.3 Å². The van der Waals surface area contributed by atoms with Gasteiger partial charge in [-0.25, -0.2) is 0 Å². The van der Waals surface area contributed by atoms with E-state index in [0.29, 0.717) is 12.8 Å². The van der Waals surface area contributed by atoms with Crippen LogP contribution in [0.3, 0.4) is 0 Å². The third kappa shape index (κ3) is 2.41. The average Bonchev–Trinajstić information content (AvgIpc) is 2.40. The minimum Gasteiger partial charge on any atom is -0.406 e. The molecule has 15 heavy (non-hydrogen) atoms. The van der Waals surface area contributed by atoms with Crippen molar-refractivity contribution in [3.8, 4) is 5.75 Å². The molecule has 0 saturated heterocycles. The molecule has 1 unspecified atom stereocenters. The van der Waals surface area contributed by atoms with Crippen LogP contribution in [-0.4, -0.2) is 17.6 Å². The first-order valence-corrected chi connectivity index (χ1v) is 4.50. The molecule has 1 aromatic rings. The molecule has 5 heteroatoms. The number of benzene rings is 1. The zero-order valence-electron chi connectivity index (χ0n) is 7.71. The second-order valence-electron chi connectivity index (χ2n) is 3.54. The van der Waals surface area contributed by atoms with Gasteiger partial charge in [0.2, 0.25) is 0 Å². The Morgan fingerprint density at radius 2 is 1.87 bits per heavy atom. The molecule has 0 spiro atoms. The van der Waals surface area contributed by atoms with Gasteiger partial charge >= 0.3 is 6.36 Å². The highest BCUT2D eigenvalue weighted by Crippen LogP contribution is 2.29. The fraction of sp³-hybridized carbons (Fsp3) is 0.400. The highest BCUT2D eigenvalue weighted by Gasteiger charge is 2.31. The van der Waals surface area contributed by atoms with E-state index in [1.54, 1.807) is 6.07 Å². The van der Waals surface area contributed by atoms with Gasteiger partial charge in [-0.05, 0) is 36.1 Å². The van der Waals surface area contributed by atoms with Crippen LogP contribution >= 0.6 is 0 Å². The predicted molar refractivity (Wildman–Crippen MR) is 46.5 cm³/mol. The number of aliphatic hydroxyl groups is 1. The smallest absolute Gasteiger partial charge is 0.406 e. The average molecular weight is 218 g/mol. The topological polar surface area (TPSA) is 29.5 Å². The van der Waals surface area contributed by atoms with Gasteiger partial charge < -0.3 is 9.84 Å². The molecule has 0 bridgehead atoms. The van der Waals surface area contributed by atoms with Crippen LogP contribution in [0.5, 0.6) is 5.75 Å². The highest BCUT2D eigenvalue weighted by atomic mass is 19.4. The third-order valence-electron chi connectivity index (χ3n) is 2.32. The molecule has 0 radical (unpaired) electrons. The summed E-state index contributed by atoms with van der Waals surface area (Å²) < 4.78 is 39.5. The van der Waals surface area contributed by atoms with E-state index in [1.165, 1.54) is 12.1 Å². The fourth-order valence-electron chi connectivity index (χ4n) is 1.77. The lowest BCUT2D eigenvalue weighted by atomic mass is 10.1. The largest absolute Gasteiger partial charge is 0.573 e. The van der Waals surface area contributed by atoms with Crippen LogP contribution in [-0.2, 0) is 12.8 Å². The Kier molecular flexibility index (Phi) is 2.34. The zero-order chi connectivity index (χ0) is 11.1. The number of hydrogen-bond donors (Lipinski definition) is 1. The van der Waals surface area contributed by atoms with Crippen molar-refractivity contribution in [1.82, 2.24) is 0 Å². The Morgan fingerprint density at radius 3 is 2.53 bits per heavy atom. The monoisotopic (exact) mass is 218 g/mol. The number of fused-ring (bicyclic) bond motifs is 1. The summed E-state index contributed by atoms with van der Waals surface area (Å²) >= 11 is 0. The van der Waals surface area contributed by atoms with Crippen LogP contribution in [0, 0.1) is 0 Å². The molecule has 0 amide bonds. The number of aliphatic hydroxyl groups excluding tert-OH is 1. The Labute approximate surface area is 84.3 Å². The molecule has 0 fully saturated rings. The van der Waals surface area contributed by atoms with Gasteiger partial charge in [0.05, 0.1) is 6.10 Å². The molecule has 0 aromatic heterocycles. The summed E-state index contributed by atoms with van der Waals surface area (Å²) in [6.07, 6.45) is -4.25. The fourth-order valence-corrected chi connectivity index (χ4v) is 1.77. The lowest BCUT2D eigenvalue weighted by Gasteiger charge is -2.09. The van der Waals surface area contributed by atoms with Gasteiger partial charge in [0.25, 0.3) is 0 Å². The minimum absolute atomic E-state index is 0.227. The second-order valence-corrected chi connectivity index (χ2v) is 3.54. The third-order valence-corrected chi connectivity index (χ3v) is 2.32. The van der Waals surface area contributed by atoms with Crippen molar-refractivity contribution < 1.29 is 23.0 Å². The first kappa shape index (κ1) is 10.3. The van der Waals surface area contributed by atoms with Gasteiger partial charge in [-0.1, -0.05) is 6.07 Å². The Morgan fingerprint density at radius 1 is 1.20 bits per heavy atom. The SMILES string of the molecule is OC1Cc2ccc(OC(F)(F)F)cc2C1. The van der Waals surface area contributed by atoms with Crippen molar-refractivity contribution >= 4 is 0 Å². The molecule has 0 saturated carbocycles. The van der Waals surface area contributed by atoms with E-state index in [4.69, 9.17) is 0 Å². The van der Waals surface area contributed by atoms with E-state index >= 15 is 0 Å². The molecular weight excluding hydrogens is 209 g/mol. The van der Waals surface area contributed by atoms with Crippen LogP contribution in [0.25, 0.3) is 0 Å². The van der Waals surface area contributed by atoms with E-state index in [-0.39, 0.29) is 5.75 Å². The molecule has 1 aliphatic rings. The molecule has 1 N–H and O–H groups in total. The van der Waals surface area contributed by atoms with Gasteiger partial charge in [-0.2, -0.15) is 0 Å². The lowest BCUT2D eigenvalue weighted by molar-refractivity contribution is -0.274. The van der Waals surface area contributed by atoms with Gasteiger partial charge in [0.1, 0.15) is 5.75 Å². The van der Waals surface area contributed by atoms with Crippen molar-refractivity contribution in [1.29, 1.82) is 0 Å². The van der Waals surface area contributed by atoms with E-state index in [2.05, 4.69) is 4.74 Å². The summed E-state index contributed by atoms with van der Waals surface area (Å²) in [6.45, 7) is 0. The molecule has 2 rings (SSSR count). The van der Waals surface area contributed by atoms with Crippen molar-refractivity contribution in [2.24, 2.45) is 0 Å². The van der Waals surface area contributed by atoms with Crippen LogP contribution in [0.15, 0.2) is 18.2 Å². The number of ether oxygens (including phenoxy) is 1. The minimum atomic E-state index is -4.66. The molecular formula is C10H9F3O2. The first-order chi connectivity index (χ1) is 6.94. The predicted octanol–water partition coefficient (Wildman–Crippen LogP) is 2.04. The number of halogens is 3. The molecule has 1 aliphatic carbocycles. The van der Waals surface area contributed by atoms with Crippen LogP contribution in [0.2, 0.25) is 0 Å². The summed E-state index contributed by atoms with van der Waals surface area (Å²) in [5, 5.41) is 9.31. The second kappa shape index (κ2) is 3.41. The summed E-state index contributed by atoms with van der Waals surface area (Å²) in [5.41, 5.74) is 1.61. The first-order valence-electron chi connectivity index (χ1n) is 4.50. The van der Waals surface area contributed by atoms with Crippen LogP contribution < -0.4 is 4.74 Å². The number of hydrogen-bond acceptors (Lipinski definition) is 2. The van der Waals surface area contributed by atoms with E-state index < -0.39 is 12.5 Å². The molecule has 82 valence electrons. The summed E-state index contributed by atoms with van der Waals surface area (Å²) in [4.78, 5) is 0. The number of alkyl halides is 3. The Hall–Kier alpha value is -1.23. The molecule has 1 aromatic carbocycles. The van der Waals surface area contributed by atoms with Crippen molar-refractivity contribution in [3.05, 3.63) is 29.3 Å². The molecule has 2 nitrogen and oxygen atoms in total. The maximum atomic E-state index is 11.9. The number of rotatable bonds is 1. The van der Waals surface area contributed by atoms with E-state index in [9.17, 15) is 18.3 Å². The molecule has 0 aliphatic heterocycles.